The van der Waals surface area contributed by atoms with Gasteiger partial charge in [-0.2, -0.15) is 0 Å². The van der Waals surface area contributed by atoms with Crippen LogP contribution in [0.4, 0.5) is 10.1 Å². The molecule has 2 aromatic rings. The van der Waals surface area contributed by atoms with Gasteiger partial charge in [0.1, 0.15) is 11.6 Å². The Bertz CT molecular complexity index is 816. The van der Waals surface area contributed by atoms with E-state index in [9.17, 15) is 17.6 Å². The lowest BCUT2D eigenvalue weighted by Crippen LogP contribution is -2.34. The van der Waals surface area contributed by atoms with Crippen molar-refractivity contribution in [2.24, 2.45) is 0 Å². The van der Waals surface area contributed by atoms with Crippen molar-refractivity contribution in [1.82, 2.24) is 0 Å². The highest BCUT2D eigenvalue weighted by atomic mass is 32.2. The fraction of sp³-hybridized carbons (Fsp3) is 0.188. The van der Waals surface area contributed by atoms with Crippen molar-refractivity contribution in [3.05, 3.63) is 59.9 Å². The number of carbonyl (C=O) groups excluding carboxylic acids is 1. The Balaban J connectivity index is 1.81. The molecule has 2 aromatic carbocycles. The molecule has 0 saturated heterocycles. The normalized spacial score (nSPS) is 14.0. The standard InChI is InChI=1S/C16H14FNO3S/c17-13-5-7-14(8-6-13)22(20,21)11-16(19)18-10-9-12-3-1-2-4-15(12)18/h1-8H,9-11H2. The van der Waals surface area contributed by atoms with Crippen LogP contribution < -0.4 is 4.90 Å². The van der Waals surface area contributed by atoms with Gasteiger partial charge >= 0.3 is 0 Å². The zero-order valence-electron chi connectivity index (χ0n) is 11.7. The molecule has 22 heavy (non-hydrogen) atoms. The number of halogens is 1. The Morgan fingerprint density at radius 1 is 1.09 bits per heavy atom. The lowest BCUT2D eigenvalue weighted by molar-refractivity contribution is -0.116. The van der Waals surface area contributed by atoms with Gasteiger partial charge in [-0.3, -0.25) is 4.79 Å². The van der Waals surface area contributed by atoms with E-state index in [0.29, 0.717) is 6.54 Å². The van der Waals surface area contributed by atoms with Crippen LogP contribution in [0.25, 0.3) is 0 Å². The molecule has 3 rings (SSSR count). The molecule has 114 valence electrons. The molecule has 1 amide bonds. The molecular weight excluding hydrogens is 305 g/mol. The van der Waals surface area contributed by atoms with Crippen molar-refractivity contribution in [3.8, 4) is 0 Å². The molecule has 4 nitrogen and oxygen atoms in total. The lowest BCUT2D eigenvalue weighted by atomic mass is 10.2. The minimum atomic E-state index is -3.77. The predicted octanol–water partition coefficient (Wildman–Crippen LogP) is 2.19. The first kappa shape index (κ1) is 14.7. The maximum absolute atomic E-state index is 12.9. The van der Waals surface area contributed by atoms with E-state index in [1.807, 2.05) is 24.3 Å². The van der Waals surface area contributed by atoms with Gasteiger partial charge in [0.05, 0.1) is 4.90 Å². The van der Waals surface area contributed by atoms with E-state index in [-0.39, 0.29) is 4.90 Å². The van der Waals surface area contributed by atoms with Crippen molar-refractivity contribution >= 4 is 21.4 Å². The van der Waals surface area contributed by atoms with Gasteiger partial charge in [0, 0.05) is 12.2 Å². The summed E-state index contributed by atoms with van der Waals surface area (Å²) in [6.45, 7) is 0.483. The predicted molar refractivity (Wildman–Crippen MR) is 81.0 cm³/mol. The van der Waals surface area contributed by atoms with Gasteiger partial charge in [-0.05, 0) is 42.3 Å². The Morgan fingerprint density at radius 2 is 1.77 bits per heavy atom. The number of sulfone groups is 1. The third-order valence-electron chi connectivity index (χ3n) is 3.67. The highest BCUT2D eigenvalue weighted by molar-refractivity contribution is 7.92. The van der Waals surface area contributed by atoms with E-state index in [2.05, 4.69) is 0 Å². The van der Waals surface area contributed by atoms with E-state index in [0.717, 1.165) is 29.8 Å². The van der Waals surface area contributed by atoms with E-state index in [4.69, 9.17) is 0 Å². The van der Waals surface area contributed by atoms with Crippen molar-refractivity contribution in [2.75, 3.05) is 17.2 Å². The molecule has 1 heterocycles. The third-order valence-corrected chi connectivity index (χ3v) is 5.29. The van der Waals surface area contributed by atoms with Gasteiger partial charge in [-0.15, -0.1) is 0 Å². The van der Waals surface area contributed by atoms with Crippen molar-refractivity contribution < 1.29 is 17.6 Å². The second-order valence-electron chi connectivity index (χ2n) is 5.14. The number of rotatable bonds is 3. The van der Waals surface area contributed by atoms with Gasteiger partial charge in [-0.1, -0.05) is 18.2 Å². The molecule has 0 saturated carbocycles. The third kappa shape index (κ3) is 2.74. The average Bonchev–Trinajstić information content (AvgIpc) is 2.91. The summed E-state index contributed by atoms with van der Waals surface area (Å²) in [5, 5.41) is 0. The molecule has 0 radical (unpaired) electrons. The molecular formula is C16H14FNO3S. The smallest absolute Gasteiger partial charge is 0.242 e. The summed E-state index contributed by atoms with van der Waals surface area (Å²) in [5.74, 6) is -1.60. The topological polar surface area (TPSA) is 54.5 Å². The summed E-state index contributed by atoms with van der Waals surface area (Å²) in [5.41, 5.74) is 1.80. The Hall–Kier alpha value is -2.21. The second-order valence-corrected chi connectivity index (χ2v) is 7.13. The molecule has 0 unspecified atom stereocenters. The van der Waals surface area contributed by atoms with Crippen LogP contribution in [-0.4, -0.2) is 26.6 Å². The molecule has 0 fully saturated rings. The molecule has 0 atom stereocenters. The van der Waals surface area contributed by atoms with Crippen LogP contribution >= 0.6 is 0 Å². The fourth-order valence-electron chi connectivity index (χ4n) is 2.56. The molecule has 0 aromatic heterocycles. The zero-order chi connectivity index (χ0) is 15.7. The SMILES string of the molecule is O=C(CS(=O)(=O)c1ccc(F)cc1)N1CCc2ccccc21. The first-order valence-corrected chi connectivity index (χ1v) is 8.49. The Kier molecular flexibility index (Phi) is 3.70. The minimum Gasteiger partial charge on any atom is -0.311 e. The average molecular weight is 319 g/mol. The number of fused-ring (bicyclic) bond motifs is 1. The summed E-state index contributed by atoms with van der Waals surface area (Å²) >= 11 is 0. The summed E-state index contributed by atoms with van der Waals surface area (Å²) in [4.78, 5) is 13.8. The van der Waals surface area contributed by atoms with Gasteiger partial charge < -0.3 is 4.90 Å². The first-order chi connectivity index (χ1) is 10.5. The molecule has 0 bridgehead atoms. The maximum Gasteiger partial charge on any atom is 0.242 e. The quantitative estimate of drug-likeness (QED) is 0.815. The van der Waals surface area contributed by atoms with Gasteiger partial charge in [0.2, 0.25) is 5.91 Å². The molecule has 0 aliphatic carbocycles. The number of hydrogen-bond acceptors (Lipinski definition) is 3. The largest absolute Gasteiger partial charge is 0.311 e. The Morgan fingerprint density at radius 3 is 2.50 bits per heavy atom. The lowest BCUT2D eigenvalue weighted by Gasteiger charge is -2.17. The molecule has 1 aliphatic rings. The summed E-state index contributed by atoms with van der Waals surface area (Å²) in [6.07, 6.45) is 0.721. The van der Waals surface area contributed by atoms with E-state index < -0.39 is 27.3 Å². The maximum atomic E-state index is 12.9. The molecule has 0 N–H and O–H groups in total. The molecule has 6 heteroatoms. The van der Waals surface area contributed by atoms with Crippen LogP contribution in [0.3, 0.4) is 0 Å². The minimum absolute atomic E-state index is 0.0465. The van der Waals surface area contributed by atoms with Crippen LogP contribution in [0.1, 0.15) is 5.56 Å². The van der Waals surface area contributed by atoms with Gasteiger partial charge in [0.15, 0.2) is 9.84 Å². The van der Waals surface area contributed by atoms with Crippen LogP contribution in [-0.2, 0) is 21.1 Å². The monoisotopic (exact) mass is 319 g/mol. The number of anilines is 1. The fourth-order valence-corrected chi connectivity index (χ4v) is 3.76. The Labute approximate surface area is 128 Å². The van der Waals surface area contributed by atoms with E-state index in [1.54, 1.807) is 0 Å². The second kappa shape index (κ2) is 5.53. The number of hydrogen-bond donors (Lipinski definition) is 0. The van der Waals surface area contributed by atoms with E-state index in [1.165, 1.54) is 17.0 Å². The zero-order valence-corrected chi connectivity index (χ0v) is 12.5. The van der Waals surface area contributed by atoms with E-state index >= 15 is 0 Å². The van der Waals surface area contributed by atoms with Gasteiger partial charge in [0.25, 0.3) is 0 Å². The van der Waals surface area contributed by atoms with Crippen LogP contribution in [0.5, 0.6) is 0 Å². The highest BCUT2D eigenvalue weighted by Crippen LogP contribution is 2.28. The number of para-hydroxylation sites is 1. The molecule has 0 spiro atoms. The van der Waals surface area contributed by atoms with Crippen molar-refractivity contribution in [1.29, 1.82) is 0 Å². The summed E-state index contributed by atoms with van der Waals surface area (Å²) in [6, 6.07) is 11.9. The number of carbonyl (C=O) groups is 1. The summed E-state index contributed by atoms with van der Waals surface area (Å²) < 4.78 is 37.4. The van der Waals surface area contributed by atoms with Crippen LogP contribution in [0.15, 0.2) is 53.4 Å². The summed E-state index contributed by atoms with van der Waals surface area (Å²) in [7, 11) is -3.77. The molecule has 1 aliphatic heterocycles. The number of benzene rings is 2. The van der Waals surface area contributed by atoms with Gasteiger partial charge in [-0.25, -0.2) is 12.8 Å². The van der Waals surface area contributed by atoms with Crippen molar-refractivity contribution in [2.45, 2.75) is 11.3 Å². The number of nitrogens with zero attached hydrogens (tertiary/aromatic N) is 1. The van der Waals surface area contributed by atoms with Crippen LogP contribution in [0, 0.1) is 5.82 Å². The van der Waals surface area contributed by atoms with Crippen LogP contribution in [0.2, 0.25) is 0 Å². The first-order valence-electron chi connectivity index (χ1n) is 6.84. The highest BCUT2D eigenvalue weighted by Gasteiger charge is 2.28. The van der Waals surface area contributed by atoms with Crippen molar-refractivity contribution in [3.63, 3.8) is 0 Å². The number of amides is 1.